The highest BCUT2D eigenvalue weighted by molar-refractivity contribution is 6.31. The van der Waals surface area contributed by atoms with Crippen molar-refractivity contribution < 1.29 is 9.59 Å². The monoisotopic (exact) mass is 732 g/mol. The largest absolute Gasteiger partial charge is 0.322 e. The summed E-state index contributed by atoms with van der Waals surface area (Å²) in [6, 6.07) is 34.2. The first kappa shape index (κ1) is 34.9. The molecule has 0 radical (unpaired) electrons. The van der Waals surface area contributed by atoms with Gasteiger partial charge in [-0.1, -0.05) is 96.0 Å². The number of benzene rings is 4. The topological polar surface area (TPSA) is 122 Å². The van der Waals surface area contributed by atoms with Crippen molar-refractivity contribution in [3.63, 3.8) is 0 Å². The standard InChI is InChI=1S/2C20H19ClN4O/c1-13-10-18-17(19(24-23-18)14-6-3-2-4-7-14)12-25(13)20(26)22-16-9-5-8-15(21)11-16;1-13-18-17(23-24-19(18)14-6-3-2-4-7-14)10-11-25(13)20(26)22-16-9-5-8-15(21)12-16/h2-9,11,13H,10,12H2,1H3,(H,22,26)(H,23,24);2-9,12-13H,10-11H2,1H3,(H,22,26)(H,23,24). The van der Waals surface area contributed by atoms with Gasteiger partial charge in [-0.3, -0.25) is 10.2 Å². The second kappa shape index (κ2) is 15.3. The van der Waals surface area contributed by atoms with Gasteiger partial charge < -0.3 is 20.4 Å². The molecule has 0 saturated heterocycles. The van der Waals surface area contributed by atoms with E-state index in [9.17, 15) is 9.59 Å². The zero-order chi connectivity index (χ0) is 36.2. The molecule has 0 saturated carbocycles. The average Bonchev–Trinajstić information content (AvgIpc) is 3.77. The summed E-state index contributed by atoms with van der Waals surface area (Å²) in [5.41, 5.74) is 9.67. The van der Waals surface area contributed by atoms with Crippen LogP contribution in [0.15, 0.2) is 109 Å². The zero-order valence-electron chi connectivity index (χ0n) is 28.7. The predicted octanol–water partition coefficient (Wildman–Crippen LogP) is 9.59. The molecule has 4 amide bonds. The molecule has 10 nitrogen and oxygen atoms in total. The van der Waals surface area contributed by atoms with Gasteiger partial charge in [-0.25, -0.2) is 9.59 Å². The van der Waals surface area contributed by atoms with Gasteiger partial charge in [0, 0.05) is 80.5 Å². The summed E-state index contributed by atoms with van der Waals surface area (Å²) < 4.78 is 0. The van der Waals surface area contributed by atoms with Gasteiger partial charge in [0.05, 0.1) is 24.0 Å². The number of aromatic amines is 2. The third-order valence-electron chi connectivity index (χ3n) is 9.45. The summed E-state index contributed by atoms with van der Waals surface area (Å²) in [6.45, 7) is 5.24. The average molecular weight is 734 g/mol. The summed E-state index contributed by atoms with van der Waals surface area (Å²) in [6.07, 6.45) is 1.50. The van der Waals surface area contributed by atoms with Gasteiger partial charge >= 0.3 is 12.1 Å². The normalized spacial score (nSPS) is 16.2. The van der Waals surface area contributed by atoms with Crippen molar-refractivity contribution in [3.05, 3.63) is 142 Å². The van der Waals surface area contributed by atoms with Crippen LogP contribution in [0.4, 0.5) is 21.0 Å². The lowest BCUT2D eigenvalue weighted by Gasteiger charge is -2.33. The smallest absolute Gasteiger partial charge is 0.317 e. The van der Waals surface area contributed by atoms with E-state index in [1.165, 1.54) is 0 Å². The third kappa shape index (κ3) is 7.54. The quantitative estimate of drug-likeness (QED) is 0.144. The molecular weight excluding hydrogens is 695 g/mol. The minimum atomic E-state index is -0.134. The molecule has 2 unspecified atom stereocenters. The molecule has 2 aliphatic heterocycles. The SMILES string of the molecule is CC1Cc2[nH]nc(-c3ccccc3)c2CN1C(=O)Nc1cccc(Cl)c1.CC1c2c(-c3ccccc3)n[nH]c2CCN1C(=O)Nc1cccc(Cl)c1. The minimum absolute atomic E-state index is 0.0748. The highest BCUT2D eigenvalue weighted by Crippen LogP contribution is 2.36. The van der Waals surface area contributed by atoms with Crippen molar-refractivity contribution in [2.75, 3.05) is 17.2 Å². The number of amides is 4. The Morgan fingerprint density at radius 2 is 1.23 bits per heavy atom. The number of fused-ring (bicyclic) bond motifs is 2. The van der Waals surface area contributed by atoms with Gasteiger partial charge in [0.25, 0.3) is 0 Å². The van der Waals surface area contributed by atoms with Gasteiger partial charge in [0.2, 0.25) is 0 Å². The maximum absolute atomic E-state index is 12.8. The predicted molar refractivity (Wildman–Crippen MR) is 207 cm³/mol. The van der Waals surface area contributed by atoms with Crippen molar-refractivity contribution in [2.24, 2.45) is 0 Å². The van der Waals surface area contributed by atoms with Crippen molar-refractivity contribution in [3.8, 4) is 22.5 Å². The van der Waals surface area contributed by atoms with Gasteiger partial charge in [0.15, 0.2) is 0 Å². The summed E-state index contributed by atoms with van der Waals surface area (Å²) >= 11 is 12.0. The Labute approximate surface area is 312 Å². The first-order valence-electron chi connectivity index (χ1n) is 17.2. The number of H-pyrrole nitrogens is 2. The van der Waals surface area contributed by atoms with Crippen molar-refractivity contribution in [1.82, 2.24) is 30.2 Å². The number of hydrogen-bond acceptors (Lipinski definition) is 4. The molecule has 2 aromatic heterocycles. The van der Waals surface area contributed by atoms with Crippen LogP contribution in [-0.2, 0) is 19.4 Å². The molecule has 52 heavy (non-hydrogen) atoms. The van der Waals surface area contributed by atoms with E-state index < -0.39 is 0 Å². The van der Waals surface area contributed by atoms with Crippen LogP contribution in [0.3, 0.4) is 0 Å². The second-order valence-corrected chi connectivity index (χ2v) is 13.8. The van der Waals surface area contributed by atoms with Gasteiger partial charge in [-0.15, -0.1) is 0 Å². The van der Waals surface area contributed by atoms with E-state index in [0.29, 0.717) is 34.5 Å². The molecule has 2 aliphatic rings. The first-order valence-corrected chi connectivity index (χ1v) is 17.9. The Hall–Kier alpha value is -5.58. The fourth-order valence-electron chi connectivity index (χ4n) is 6.80. The fraction of sp³-hybridized carbons (Fsp3) is 0.200. The molecule has 4 heterocycles. The molecule has 2 atom stereocenters. The molecule has 6 aromatic rings. The summed E-state index contributed by atoms with van der Waals surface area (Å²) in [5.74, 6) is 0. The van der Waals surface area contributed by atoms with Crippen LogP contribution in [0, 0.1) is 0 Å². The van der Waals surface area contributed by atoms with E-state index in [-0.39, 0.29) is 24.1 Å². The molecular formula is C40H38Cl2N8O2. The Bertz CT molecular complexity index is 2130. The first-order chi connectivity index (χ1) is 25.2. The maximum atomic E-state index is 12.8. The Balaban J connectivity index is 0.000000162. The second-order valence-electron chi connectivity index (χ2n) is 12.9. The zero-order valence-corrected chi connectivity index (χ0v) is 30.2. The van der Waals surface area contributed by atoms with Crippen LogP contribution in [0.5, 0.6) is 0 Å². The molecule has 8 rings (SSSR count). The van der Waals surface area contributed by atoms with Crippen LogP contribution in [0.1, 0.15) is 42.4 Å². The van der Waals surface area contributed by atoms with Crippen LogP contribution >= 0.6 is 23.2 Å². The van der Waals surface area contributed by atoms with E-state index >= 15 is 0 Å². The number of carbonyl (C=O) groups excluding carboxylic acids is 2. The molecule has 0 fully saturated rings. The summed E-state index contributed by atoms with van der Waals surface area (Å²) in [7, 11) is 0. The summed E-state index contributed by atoms with van der Waals surface area (Å²) in [5, 5.41) is 22.4. The van der Waals surface area contributed by atoms with Crippen LogP contribution in [-0.4, -0.2) is 54.8 Å². The van der Waals surface area contributed by atoms with Crippen molar-refractivity contribution in [1.29, 1.82) is 0 Å². The number of halogens is 2. The van der Waals surface area contributed by atoms with Crippen molar-refractivity contribution >= 4 is 46.6 Å². The third-order valence-corrected chi connectivity index (χ3v) is 9.92. The highest BCUT2D eigenvalue weighted by Gasteiger charge is 2.33. The number of hydrogen-bond donors (Lipinski definition) is 4. The van der Waals surface area contributed by atoms with Gasteiger partial charge in [-0.2, -0.15) is 10.2 Å². The van der Waals surface area contributed by atoms with Crippen LogP contribution in [0.25, 0.3) is 22.5 Å². The lowest BCUT2D eigenvalue weighted by atomic mass is 9.95. The minimum Gasteiger partial charge on any atom is -0.317 e. The molecule has 0 aliphatic carbocycles. The van der Waals surface area contributed by atoms with Crippen LogP contribution in [0.2, 0.25) is 10.0 Å². The Kier molecular flexibility index (Phi) is 10.3. The number of aromatic nitrogens is 4. The molecule has 4 N–H and O–H groups in total. The van der Waals surface area contributed by atoms with E-state index in [4.69, 9.17) is 23.2 Å². The Morgan fingerprint density at radius 1 is 0.692 bits per heavy atom. The number of nitrogens with zero attached hydrogens (tertiary/aromatic N) is 4. The molecule has 264 valence electrons. The molecule has 4 aromatic carbocycles. The number of anilines is 2. The summed E-state index contributed by atoms with van der Waals surface area (Å²) in [4.78, 5) is 29.3. The van der Waals surface area contributed by atoms with Crippen molar-refractivity contribution in [2.45, 2.75) is 45.3 Å². The number of nitrogens with one attached hydrogen (secondary N) is 4. The van der Waals surface area contributed by atoms with E-state index in [1.54, 1.807) is 24.3 Å². The molecule has 0 spiro atoms. The lowest BCUT2D eigenvalue weighted by Crippen LogP contribution is -2.44. The Morgan fingerprint density at radius 3 is 1.83 bits per heavy atom. The van der Waals surface area contributed by atoms with E-state index in [0.717, 1.165) is 57.9 Å². The number of carbonyl (C=O) groups is 2. The van der Waals surface area contributed by atoms with Gasteiger partial charge in [0.1, 0.15) is 0 Å². The van der Waals surface area contributed by atoms with E-state index in [2.05, 4.69) is 31.0 Å². The molecule has 0 bridgehead atoms. The lowest BCUT2D eigenvalue weighted by molar-refractivity contribution is 0.182. The van der Waals surface area contributed by atoms with Crippen LogP contribution < -0.4 is 10.6 Å². The molecule has 12 heteroatoms. The fourth-order valence-corrected chi connectivity index (χ4v) is 7.19. The number of urea groups is 2. The number of rotatable bonds is 4. The highest BCUT2D eigenvalue weighted by atomic mass is 35.5. The van der Waals surface area contributed by atoms with E-state index in [1.807, 2.05) is 109 Å². The van der Waals surface area contributed by atoms with Gasteiger partial charge in [-0.05, 0) is 50.2 Å². The maximum Gasteiger partial charge on any atom is 0.322 e.